The van der Waals surface area contributed by atoms with Gasteiger partial charge in [0.1, 0.15) is 11.0 Å². The van der Waals surface area contributed by atoms with Crippen LogP contribution in [0.1, 0.15) is 13.3 Å². The van der Waals surface area contributed by atoms with Gasteiger partial charge in [0, 0.05) is 6.42 Å². The van der Waals surface area contributed by atoms with Crippen molar-refractivity contribution in [1.82, 2.24) is 9.55 Å². The predicted molar refractivity (Wildman–Crippen MR) is 104 cm³/mol. The minimum atomic E-state index is -0.372. The zero-order chi connectivity index (χ0) is 18.8. The Morgan fingerprint density at radius 2 is 1.96 bits per heavy atom. The van der Waals surface area contributed by atoms with Gasteiger partial charge in [0.25, 0.3) is 5.56 Å². The first-order valence-corrected chi connectivity index (χ1v) is 9.64. The number of nitrogens with zero attached hydrogens (tertiary/aromatic N) is 2. The number of esters is 1. The zero-order valence-corrected chi connectivity index (χ0v) is 15.6. The summed E-state index contributed by atoms with van der Waals surface area (Å²) >= 11 is 1.26. The van der Waals surface area contributed by atoms with Gasteiger partial charge >= 0.3 is 5.97 Å². The maximum Gasteiger partial charge on any atom is 0.319 e. The number of ether oxygens (including phenoxy) is 2. The van der Waals surface area contributed by atoms with Gasteiger partial charge in [0.15, 0.2) is 5.16 Å². The summed E-state index contributed by atoms with van der Waals surface area (Å²) in [7, 11) is 0. The van der Waals surface area contributed by atoms with E-state index in [9.17, 15) is 9.59 Å². The van der Waals surface area contributed by atoms with Crippen molar-refractivity contribution in [2.45, 2.75) is 23.8 Å². The van der Waals surface area contributed by atoms with Crippen LogP contribution in [0.3, 0.4) is 0 Å². The molecule has 27 heavy (non-hydrogen) atoms. The lowest BCUT2D eigenvalue weighted by atomic mass is 10.2. The molecule has 0 radical (unpaired) electrons. The fourth-order valence-electron chi connectivity index (χ4n) is 3.03. The smallest absolute Gasteiger partial charge is 0.319 e. The average Bonchev–Trinajstić information content (AvgIpc) is 3.08. The summed E-state index contributed by atoms with van der Waals surface area (Å²) in [6, 6.07) is 14.5. The van der Waals surface area contributed by atoms with Gasteiger partial charge in [0.05, 0.1) is 29.8 Å². The summed E-state index contributed by atoms with van der Waals surface area (Å²) in [5, 5.41) is 0.598. The first-order valence-electron chi connectivity index (χ1n) is 8.76. The predicted octanol–water partition coefficient (Wildman–Crippen LogP) is 3.19. The summed E-state index contributed by atoms with van der Waals surface area (Å²) in [6.45, 7) is 2.76. The molecule has 1 saturated heterocycles. The van der Waals surface area contributed by atoms with Crippen molar-refractivity contribution in [1.29, 1.82) is 0 Å². The first kappa shape index (κ1) is 17.6. The Morgan fingerprint density at radius 3 is 2.74 bits per heavy atom. The van der Waals surface area contributed by atoms with Gasteiger partial charge in [-0.1, -0.05) is 36.0 Å². The number of carbonyl (C=O) groups excluding carboxylic acids is 1. The van der Waals surface area contributed by atoms with Crippen LogP contribution in [0.5, 0.6) is 5.75 Å². The molecule has 2 heterocycles. The Hall–Kier alpha value is -2.80. The molecule has 0 saturated carbocycles. The van der Waals surface area contributed by atoms with Crippen LogP contribution in [-0.2, 0) is 9.53 Å². The van der Waals surface area contributed by atoms with E-state index in [1.54, 1.807) is 12.1 Å². The van der Waals surface area contributed by atoms with E-state index in [0.717, 1.165) is 0 Å². The average molecular weight is 382 g/mol. The second-order valence-electron chi connectivity index (χ2n) is 6.02. The number of cyclic esters (lactones) is 1. The van der Waals surface area contributed by atoms with Crippen molar-refractivity contribution in [2.75, 3.05) is 13.2 Å². The molecule has 0 unspecified atom stereocenters. The third-order valence-electron chi connectivity index (χ3n) is 4.29. The van der Waals surface area contributed by atoms with Crippen molar-refractivity contribution in [3.8, 4) is 11.4 Å². The minimum absolute atomic E-state index is 0.193. The second-order valence-corrected chi connectivity index (χ2v) is 7.19. The Morgan fingerprint density at radius 1 is 1.19 bits per heavy atom. The van der Waals surface area contributed by atoms with E-state index < -0.39 is 0 Å². The van der Waals surface area contributed by atoms with E-state index in [0.29, 0.717) is 47.1 Å². The molecular weight excluding hydrogens is 364 g/mol. The summed E-state index contributed by atoms with van der Waals surface area (Å²) < 4.78 is 12.3. The normalized spacial score (nSPS) is 16.5. The third-order valence-corrected chi connectivity index (χ3v) is 5.48. The van der Waals surface area contributed by atoms with Gasteiger partial charge in [-0.25, -0.2) is 4.98 Å². The lowest BCUT2D eigenvalue weighted by molar-refractivity contribution is -0.137. The molecule has 3 aromatic rings. The van der Waals surface area contributed by atoms with E-state index in [1.165, 1.54) is 16.3 Å². The summed E-state index contributed by atoms with van der Waals surface area (Å²) in [5.41, 5.74) is 1.01. The standard InChI is InChI=1S/C20H18N2O4S/c1-2-25-16-10-6-5-9-15(16)22-18(23)13-7-3-4-8-14(13)21-20(22)27-17-11-12-26-19(17)24/h3-10,17H,2,11-12H2,1H3/t17-/m0/s1. The van der Waals surface area contributed by atoms with Gasteiger partial charge in [-0.05, 0) is 31.2 Å². The lowest BCUT2D eigenvalue weighted by Crippen LogP contribution is -2.24. The molecule has 4 rings (SSSR count). The van der Waals surface area contributed by atoms with Gasteiger partial charge in [-0.15, -0.1) is 0 Å². The minimum Gasteiger partial charge on any atom is -0.492 e. The molecular formula is C20H18N2O4S. The number of hydrogen-bond donors (Lipinski definition) is 0. The van der Waals surface area contributed by atoms with Crippen molar-refractivity contribution >= 4 is 28.6 Å². The quantitative estimate of drug-likeness (QED) is 0.499. The fraction of sp³-hybridized carbons (Fsp3) is 0.250. The summed E-state index contributed by atoms with van der Waals surface area (Å²) in [5.74, 6) is 0.321. The van der Waals surface area contributed by atoms with E-state index in [2.05, 4.69) is 4.98 Å². The van der Waals surface area contributed by atoms with Crippen molar-refractivity contribution < 1.29 is 14.3 Å². The highest BCUT2D eigenvalue weighted by Gasteiger charge is 2.30. The van der Waals surface area contributed by atoms with Crippen LogP contribution in [0, 0.1) is 0 Å². The van der Waals surface area contributed by atoms with E-state index in [-0.39, 0.29) is 16.8 Å². The monoisotopic (exact) mass is 382 g/mol. The molecule has 6 nitrogen and oxygen atoms in total. The molecule has 1 atom stereocenters. The van der Waals surface area contributed by atoms with E-state index in [1.807, 2.05) is 43.3 Å². The third kappa shape index (κ3) is 3.30. The molecule has 0 amide bonds. The Balaban J connectivity index is 1.94. The zero-order valence-electron chi connectivity index (χ0n) is 14.8. The number of aromatic nitrogens is 2. The molecule has 138 valence electrons. The van der Waals surface area contributed by atoms with Crippen molar-refractivity contribution in [3.05, 3.63) is 58.9 Å². The number of carbonyl (C=O) groups is 1. The largest absolute Gasteiger partial charge is 0.492 e. The maximum absolute atomic E-state index is 13.3. The highest BCUT2D eigenvalue weighted by molar-refractivity contribution is 8.00. The molecule has 0 aliphatic carbocycles. The van der Waals surface area contributed by atoms with Crippen LogP contribution >= 0.6 is 11.8 Å². The van der Waals surface area contributed by atoms with Crippen molar-refractivity contribution in [2.24, 2.45) is 0 Å². The molecule has 1 aliphatic rings. The number of para-hydroxylation sites is 3. The number of fused-ring (bicyclic) bond motifs is 1. The van der Waals surface area contributed by atoms with Gasteiger partial charge < -0.3 is 9.47 Å². The molecule has 1 aromatic heterocycles. The van der Waals surface area contributed by atoms with E-state index in [4.69, 9.17) is 9.47 Å². The lowest BCUT2D eigenvalue weighted by Gasteiger charge is -2.17. The topological polar surface area (TPSA) is 70.4 Å². The highest BCUT2D eigenvalue weighted by Crippen LogP contribution is 2.32. The highest BCUT2D eigenvalue weighted by atomic mass is 32.2. The molecule has 1 aliphatic heterocycles. The van der Waals surface area contributed by atoms with E-state index >= 15 is 0 Å². The molecule has 1 fully saturated rings. The number of thioether (sulfide) groups is 1. The molecule has 2 aromatic carbocycles. The summed E-state index contributed by atoms with van der Waals surface area (Å²) in [6.07, 6.45) is 0.597. The van der Waals surface area contributed by atoms with Crippen LogP contribution in [0.15, 0.2) is 58.5 Å². The second kappa shape index (κ2) is 7.44. The van der Waals surface area contributed by atoms with Crippen molar-refractivity contribution in [3.63, 3.8) is 0 Å². The first-order chi connectivity index (χ1) is 13.2. The number of benzene rings is 2. The molecule has 0 bridgehead atoms. The molecule has 0 N–H and O–H groups in total. The maximum atomic E-state index is 13.3. The SMILES string of the molecule is CCOc1ccccc1-n1c(S[C@H]2CCOC2=O)nc2ccccc2c1=O. The molecule has 7 heteroatoms. The van der Waals surface area contributed by atoms with Gasteiger partial charge in [0.2, 0.25) is 0 Å². The number of rotatable bonds is 5. The van der Waals surface area contributed by atoms with Crippen LogP contribution in [0.2, 0.25) is 0 Å². The fourth-order valence-corrected chi connectivity index (χ4v) is 4.11. The Kier molecular flexibility index (Phi) is 4.85. The Bertz CT molecular complexity index is 1060. The van der Waals surface area contributed by atoms with Crippen LogP contribution in [0.25, 0.3) is 16.6 Å². The van der Waals surface area contributed by atoms with Gasteiger partial charge in [-0.3, -0.25) is 14.2 Å². The molecule has 0 spiro atoms. The van der Waals surface area contributed by atoms with Crippen LogP contribution < -0.4 is 10.3 Å². The van der Waals surface area contributed by atoms with Crippen LogP contribution in [-0.4, -0.2) is 34.0 Å². The Labute approximate surface area is 160 Å². The van der Waals surface area contributed by atoms with Crippen LogP contribution in [0.4, 0.5) is 0 Å². The van der Waals surface area contributed by atoms with Gasteiger partial charge in [-0.2, -0.15) is 0 Å². The number of hydrogen-bond acceptors (Lipinski definition) is 6. The summed E-state index contributed by atoms with van der Waals surface area (Å²) in [4.78, 5) is 29.9.